The van der Waals surface area contributed by atoms with E-state index in [0.717, 1.165) is 16.8 Å². The number of nitrogens with zero attached hydrogens (tertiary/aromatic N) is 2. The Hall–Kier alpha value is -1.82. The summed E-state index contributed by atoms with van der Waals surface area (Å²) in [6.07, 6.45) is 0. The Labute approximate surface area is 115 Å². The first-order valence-electron chi connectivity index (χ1n) is 5.91. The number of rotatable bonds is 3. The molecule has 0 bridgehead atoms. The van der Waals surface area contributed by atoms with Crippen LogP contribution in [0.15, 0.2) is 17.1 Å². The van der Waals surface area contributed by atoms with E-state index in [9.17, 15) is 4.79 Å². The van der Waals surface area contributed by atoms with Crippen LogP contribution in [0.4, 0.5) is 0 Å². The Morgan fingerprint density at radius 2 is 1.95 bits per heavy atom. The summed E-state index contributed by atoms with van der Waals surface area (Å²) in [5.74, 6) is 1.14. The van der Waals surface area contributed by atoms with Crippen LogP contribution in [0.5, 0.6) is 11.5 Å². The van der Waals surface area contributed by atoms with Crippen molar-refractivity contribution in [2.24, 2.45) is 4.99 Å². The van der Waals surface area contributed by atoms with Crippen LogP contribution in [0, 0.1) is 0 Å². The predicted octanol–water partition coefficient (Wildman–Crippen LogP) is 2.19. The number of hydrogen-bond donors (Lipinski definition) is 0. The molecule has 1 aromatic heterocycles. The van der Waals surface area contributed by atoms with Gasteiger partial charge in [0.15, 0.2) is 16.3 Å². The number of carbonyl (C=O) groups excluding carboxylic acids is 1. The molecule has 1 heterocycles. The van der Waals surface area contributed by atoms with Crippen LogP contribution in [-0.4, -0.2) is 24.7 Å². The van der Waals surface area contributed by atoms with Crippen molar-refractivity contribution < 1.29 is 14.3 Å². The normalized spacial score (nSPS) is 11.9. The minimum absolute atomic E-state index is 0.201. The van der Waals surface area contributed by atoms with E-state index in [0.29, 0.717) is 16.3 Å². The van der Waals surface area contributed by atoms with Crippen molar-refractivity contribution in [3.8, 4) is 11.5 Å². The minimum Gasteiger partial charge on any atom is -0.493 e. The Balaban J connectivity index is 2.80. The summed E-state index contributed by atoms with van der Waals surface area (Å²) < 4.78 is 13.6. The second-order valence-corrected chi connectivity index (χ2v) is 4.94. The number of thiazole rings is 1. The van der Waals surface area contributed by atoms with Gasteiger partial charge in [0, 0.05) is 25.6 Å². The van der Waals surface area contributed by atoms with Gasteiger partial charge in [0.05, 0.1) is 24.4 Å². The third-order valence-corrected chi connectivity index (χ3v) is 3.80. The van der Waals surface area contributed by atoms with Crippen LogP contribution < -0.4 is 14.3 Å². The van der Waals surface area contributed by atoms with Gasteiger partial charge >= 0.3 is 0 Å². The van der Waals surface area contributed by atoms with Crippen molar-refractivity contribution >= 4 is 27.5 Å². The summed E-state index contributed by atoms with van der Waals surface area (Å²) in [5.41, 5.74) is 0.991. The molecular formula is C13H16N2O3S. The summed E-state index contributed by atoms with van der Waals surface area (Å²) in [6.45, 7) is 4.20. The van der Waals surface area contributed by atoms with E-state index in [1.165, 1.54) is 18.3 Å². The number of amides is 1. The van der Waals surface area contributed by atoms with Gasteiger partial charge in [-0.15, -0.1) is 0 Å². The smallest absolute Gasteiger partial charge is 0.245 e. The maximum absolute atomic E-state index is 11.2. The highest BCUT2D eigenvalue weighted by molar-refractivity contribution is 7.16. The number of carbonyl (C=O) groups is 1. The second kappa shape index (κ2) is 5.44. The zero-order valence-corrected chi connectivity index (χ0v) is 12.2. The van der Waals surface area contributed by atoms with Gasteiger partial charge in [0.25, 0.3) is 0 Å². The first-order valence-corrected chi connectivity index (χ1v) is 6.73. The quantitative estimate of drug-likeness (QED) is 0.866. The van der Waals surface area contributed by atoms with Crippen LogP contribution in [-0.2, 0) is 11.3 Å². The lowest BCUT2D eigenvalue weighted by molar-refractivity contribution is -0.116. The Kier molecular flexibility index (Phi) is 3.90. The molecule has 1 aromatic carbocycles. The summed E-state index contributed by atoms with van der Waals surface area (Å²) in [6, 6.07) is 3.82. The molecule has 0 aliphatic carbocycles. The fraction of sp³-hybridized carbons (Fsp3) is 0.385. The fourth-order valence-electron chi connectivity index (χ4n) is 1.92. The molecule has 0 saturated heterocycles. The first kappa shape index (κ1) is 13.6. The van der Waals surface area contributed by atoms with Crippen LogP contribution in [0.1, 0.15) is 13.8 Å². The molecule has 0 radical (unpaired) electrons. The van der Waals surface area contributed by atoms with Crippen molar-refractivity contribution in [1.29, 1.82) is 0 Å². The standard InChI is InChI=1S/C13H16N2O3S/c1-5-15-9-6-10(17-3)11(18-4)7-12(9)19-13(15)14-8(2)16/h6-7H,5H2,1-4H3. The van der Waals surface area contributed by atoms with Gasteiger partial charge in [0.1, 0.15) is 0 Å². The van der Waals surface area contributed by atoms with Crippen molar-refractivity contribution in [3.63, 3.8) is 0 Å². The van der Waals surface area contributed by atoms with Gasteiger partial charge in [-0.3, -0.25) is 4.79 Å². The van der Waals surface area contributed by atoms with Gasteiger partial charge in [-0.2, -0.15) is 4.99 Å². The van der Waals surface area contributed by atoms with Crippen molar-refractivity contribution in [2.45, 2.75) is 20.4 Å². The zero-order valence-electron chi connectivity index (χ0n) is 11.4. The van der Waals surface area contributed by atoms with Crippen LogP contribution in [0.3, 0.4) is 0 Å². The molecule has 2 rings (SSSR count). The average Bonchev–Trinajstić information content (AvgIpc) is 2.71. The molecule has 0 aliphatic heterocycles. The van der Waals surface area contributed by atoms with Gasteiger partial charge < -0.3 is 14.0 Å². The molecule has 5 nitrogen and oxygen atoms in total. The number of methoxy groups -OCH3 is 2. The zero-order chi connectivity index (χ0) is 14.0. The van der Waals surface area contributed by atoms with E-state index in [4.69, 9.17) is 9.47 Å². The molecular weight excluding hydrogens is 264 g/mol. The summed E-state index contributed by atoms with van der Waals surface area (Å²) in [4.78, 5) is 15.9. The molecule has 0 atom stereocenters. The molecule has 19 heavy (non-hydrogen) atoms. The largest absolute Gasteiger partial charge is 0.493 e. The number of hydrogen-bond acceptors (Lipinski definition) is 4. The summed E-state index contributed by atoms with van der Waals surface area (Å²) in [7, 11) is 3.21. The predicted molar refractivity (Wildman–Crippen MR) is 74.8 cm³/mol. The van der Waals surface area contributed by atoms with Gasteiger partial charge in [-0.05, 0) is 6.92 Å². The van der Waals surface area contributed by atoms with Crippen LogP contribution in [0.2, 0.25) is 0 Å². The van der Waals surface area contributed by atoms with E-state index < -0.39 is 0 Å². The maximum atomic E-state index is 11.2. The Morgan fingerprint density at radius 1 is 1.32 bits per heavy atom. The molecule has 0 saturated carbocycles. The second-order valence-electron chi connectivity index (χ2n) is 3.93. The average molecular weight is 280 g/mol. The van der Waals surface area contributed by atoms with E-state index in [2.05, 4.69) is 4.99 Å². The molecule has 0 N–H and O–H groups in total. The lowest BCUT2D eigenvalue weighted by Gasteiger charge is -2.08. The minimum atomic E-state index is -0.201. The highest BCUT2D eigenvalue weighted by Gasteiger charge is 2.11. The molecule has 0 spiro atoms. The Bertz CT molecular complexity index is 685. The SMILES string of the molecule is CCn1c(=NC(C)=O)sc2cc(OC)c(OC)cc21. The van der Waals surface area contributed by atoms with Crippen LogP contribution >= 0.6 is 11.3 Å². The molecule has 0 fully saturated rings. The van der Waals surface area contributed by atoms with Gasteiger partial charge in [0.2, 0.25) is 5.91 Å². The lowest BCUT2D eigenvalue weighted by Crippen LogP contribution is -2.14. The monoisotopic (exact) mass is 280 g/mol. The highest BCUT2D eigenvalue weighted by Crippen LogP contribution is 2.33. The van der Waals surface area contributed by atoms with E-state index in [1.54, 1.807) is 14.2 Å². The number of aromatic nitrogens is 1. The molecule has 0 unspecified atom stereocenters. The van der Waals surface area contributed by atoms with Crippen molar-refractivity contribution in [2.75, 3.05) is 14.2 Å². The molecule has 102 valence electrons. The number of benzene rings is 1. The third kappa shape index (κ3) is 2.49. The van der Waals surface area contributed by atoms with Gasteiger partial charge in [-0.1, -0.05) is 11.3 Å². The lowest BCUT2D eigenvalue weighted by atomic mass is 10.3. The number of fused-ring (bicyclic) bond motifs is 1. The van der Waals surface area contributed by atoms with Crippen molar-refractivity contribution in [1.82, 2.24) is 4.57 Å². The van der Waals surface area contributed by atoms with Gasteiger partial charge in [-0.25, -0.2) is 0 Å². The van der Waals surface area contributed by atoms with Crippen molar-refractivity contribution in [3.05, 3.63) is 16.9 Å². The Morgan fingerprint density at radius 3 is 2.47 bits per heavy atom. The molecule has 6 heteroatoms. The summed E-state index contributed by atoms with van der Waals surface area (Å²) in [5, 5.41) is 0. The summed E-state index contributed by atoms with van der Waals surface area (Å²) >= 11 is 1.47. The fourth-order valence-corrected chi connectivity index (χ4v) is 3.07. The first-order chi connectivity index (χ1) is 9.10. The highest BCUT2D eigenvalue weighted by atomic mass is 32.1. The van der Waals surface area contributed by atoms with E-state index in [1.807, 2.05) is 23.6 Å². The van der Waals surface area contributed by atoms with E-state index >= 15 is 0 Å². The van der Waals surface area contributed by atoms with Crippen LogP contribution in [0.25, 0.3) is 10.2 Å². The molecule has 2 aromatic rings. The maximum Gasteiger partial charge on any atom is 0.245 e. The number of ether oxygens (including phenoxy) is 2. The molecule has 1 amide bonds. The topological polar surface area (TPSA) is 52.8 Å². The molecule has 0 aliphatic rings. The third-order valence-electron chi connectivity index (χ3n) is 2.76. The van der Waals surface area contributed by atoms with E-state index in [-0.39, 0.29) is 5.91 Å². The number of aryl methyl sites for hydroxylation is 1.